The van der Waals surface area contributed by atoms with Gasteiger partial charge in [-0.1, -0.05) is 62.4 Å². The summed E-state index contributed by atoms with van der Waals surface area (Å²) in [5.74, 6) is -1.38. The smallest absolute Gasteiger partial charge is 0.407 e. The Hall–Kier alpha value is -3.35. The van der Waals surface area contributed by atoms with Gasteiger partial charge in [0.2, 0.25) is 5.91 Å². The molecule has 4 rings (SSSR count). The van der Waals surface area contributed by atoms with Crippen molar-refractivity contribution in [2.75, 3.05) is 6.61 Å². The summed E-state index contributed by atoms with van der Waals surface area (Å²) in [7, 11) is 0. The summed E-state index contributed by atoms with van der Waals surface area (Å²) in [6, 6.07) is 15.0. The van der Waals surface area contributed by atoms with Gasteiger partial charge in [-0.15, -0.1) is 0 Å². The standard InChI is InChI=1S/C26H30N2O5/c1-15(2)22(13-23(29)30)27-25(31)24(16-11-12-16)28-26(32)33-14-21-19-9-5-3-7-17(19)18-8-4-6-10-20(18)21/h3-10,15-16,21-22,24H,11-14H2,1-2H3,(H,27,31)(H,28,32)(H,29,30)/t22-,24?/m0/s1. The van der Waals surface area contributed by atoms with E-state index in [4.69, 9.17) is 9.84 Å². The molecule has 1 saturated carbocycles. The van der Waals surface area contributed by atoms with Crippen LogP contribution in [-0.2, 0) is 14.3 Å². The largest absolute Gasteiger partial charge is 0.481 e. The zero-order valence-electron chi connectivity index (χ0n) is 18.9. The van der Waals surface area contributed by atoms with Gasteiger partial charge in [-0.3, -0.25) is 9.59 Å². The first-order valence-electron chi connectivity index (χ1n) is 11.5. The highest BCUT2D eigenvalue weighted by Crippen LogP contribution is 2.44. The van der Waals surface area contributed by atoms with Crippen molar-refractivity contribution < 1.29 is 24.2 Å². The number of fused-ring (bicyclic) bond motifs is 3. The number of rotatable bonds is 9. The molecule has 2 aromatic rings. The quantitative estimate of drug-likeness (QED) is 0.537. The van der Waals surface area contributed by atoms with Gasteiger partial charge in [0.1, 0.15) is 12.6 Å². The minimum Gasteiger partial charge on any atom is -0.481 e. The highest BCUT2D eigenvalue weighted by atomic mass is 16.5. The molecule has 2 amide bonds. The lowest BCUT2D eigenvalue weighted by atomic mass is 9.98. The Morgan fingerprint density at radius 3 is 2.06 bits per heavy atom. The van der Waals surface area contributed by atoms with Crippen molar-refractivity contribution in [2.24, 2.45) is 11.8 Å². The number of hydrogen-bond acceptors (Lipinski definition) is 4. The molecule has 174 valence electrons. The number of amides is 2. The number of ether oxygens (including phenoxy) is 1. The van der Waals surface area contributed by atoms with Crippen molar-refractivity contribution >= 4 is 18.0 Å². The average molecular weight is 451 g/mol. The Morgan fingerprint density at radius 2 is 1.55 bits per heavy atom. The molecule has 0 heterocycles. The van der Waals surface area contributed by atoms with Crippen LogP contribution in [-0.4, -0.2) is 41.8 Å². The molecular formula is C26H30N2O5. The number of benzene rings is 2. The van der Waals surface area contributed by atoms with E-state index in [1.165, 1.54) is 0 Å². The molecule has 2 aromatic carbocycles. The van der Waals surface area contributed by atoms with E-state index in [9.17, 15) is 14.4 Å². The van der Waals surface area contributed by atoms with Crippen molar-refractivity contribution in [2.45, 2.75) is 51.1 Å². The van der Waals surface area contributed by atoms with Crippen LogP contribution in [0.3, 0.4) is 0 Å². The van der Waals surface area contributed by atoms with Gasteiger partial charge < -0.3 is 20.5 Å². The predicted molar refractivity (Wildman–Crippen MR) is 124 cm³/mol. The summed E-state index contributed by atoms with van der Waals surface area (Å²) in [5, 5.41) is 14.7. The molecule has 1 unspecified atom stereocenters. The van der Waals surface area contributed by atoms with Crippen LogP contribution in [0.4, 0.5) is 4.79 Å². The maximum Gasteiger partial charge on any atom is 0.407 e. The minimum absolute atomic E-state index is 0.0423. The molecule has 1 fully saturated rings. The molecule has 0 bridgehead atoms. The van der Waals surface area contributed by atoms with Crippen LogP contribution >= 0.6 is 0 Å². The van der Waals surface area contributed by atoms with Crippen molar-refractivity contribution in [3.05, 3.63) is 59.7 Å². The molecule has 0 saturated heterocycles. The molecule has 2 atom stereocenters. The Balaban J connectivity index is 1.39. The second-order valence-electron chi connectivity index (χ2n) is 9.24. The molecule has 2 aliphatic carbocycles. The maximum atomic E-state index is 12.9. The monoisotopic (exact) mass is 450 g/mol. The van der Waals surface area contributed by atoms with Crippen LogP contribution in [0.2, 0.25) is 0 Å². The van der Waals surface area contributed by atoms with E-state index in [0.29, 0.717) is 0 Å². The van der Waals surface area contributed by atoms with E-state index in [1.807, 2.05) is 38.1 Å². The Morgan fingerprint density at radius 1 is 0.970 bits per heavy atom. The van der Waals surface area contributed by atoms with Gasteiger partial charge in [-0.05, 0) is 46.9 Å². The van der Waals surface area contributed by atoms with Gasteiger partial charge in [0.25, 0.3) is 0 Å². The first kappa shape index (κ1) is 22.8. The fourth-order valence-corrected chi connectivity index (χ4v) is 4.51. The summed E-state index contributed by atoms with van der Waals surface area (Å²) < 4.78 is 5.59. The topological polar surface area (TPSA) is 105 Å². The fourth-order valence-electron chi connectivity index (χ4n) is 4.51. The van der Waals surface area contributed by atoms with Crippen LogP contribution in [0.15, 0.2) is 48.5 Å². The normalized spacial score (nSPS) is 16.5. The van der Waals surface area contributed by atoms with Crippen LogP contribution in [0, 0.1) is 11.8 Å². The Kier molecular flexibility index (Phi) is 6.67. The first-order valence-corrected chi connectivity index (χ1v) is 11.5. The van der Waals surface area contributed by atoms with Gasteiger partial charge >= 0.3 is 12.1 Å². The van der Waals surface area contributed by atoms with Crippen LogP contribution < -0.4 is 10.6 Å². The van der Waals surface area contributed by atoms with Crippen molar-refractivity contribution in [1.82, 2.24) is 10.6 Å². The van der Waals surface area contributed by atoms with Crippen molar-refractivity contribution in [1.29, 1.82) is 0 Å². The lowest BCUT2D eigenvalue weighted by molar-refractivity contribution is -0.138. The third-order valence-corrected chi connectivity index (χ3v) is 6.52. The molecule has 0 aliphatic heterocycles. The Bertz CT molecular complexity index is 1000. The van der Waals surface area contributed by atoms with Crippen LogP contribution in [0.1, 0.15) is 50.2 Å². The fraction of sp³-hybridized carbons (Fsp3) is 0.423. The maximum absolute atomic E-state index is 12.9. The van der Waals surface area contributed by atoms with Crippen LogP contribution in [0.5, 0.6) is 0 Å². The molecule has 7 nitrogen and oxygen atoms in total. The predicted octanol–water partition coefficient (Wildman–Crippen LogP) is 3.92. The molecule has 33 heavy (non-hydrogen) atoms. The van der Waals surface area contributed by atoms with Crippen molar-refractivity contribution in [3.63, 3.8) is 0 Å². The highest BCUT2D eigenvalue weighted by Gasteiger charge is 2.39. The lowest BCUT2D eigenvalue weighted by Crippen LogP contribution is -2.52. The SMILES string of the molecule is CC(C)[C@H](CC(=O)O)NC(=O)C(NC(=O)OCC1c2ccccc2-c2ccccc21)C1CC1. The van der Waals surface area contributed by atoms with E-state index in [0.717, 1.165) is 35.1 Å². The number of aliphatic carboxylic acids is 1. The minimum atomic E-state index is -0.971. The first-order chi connectivity index (χ1) is 15.8. The summed E-state index contributed by atoms with van der Waals surface area (Å²) in [4.78, 5) is 36.7. The summed E-state index contributed by atoms with van der Waals surface area (Å²) in [5.41, 5.74) is 4.54. The average Bonchev–Trinajstić information content (AvgIpc) is 3.57. The molecular weight excluding hydrogens is 420 g/mol. The number of alkyl carbamates (subject to hydrolysis) is 1. The van der Waals surface area contributed by atoms with Crippen molar-refractivity contribution in [3.8, 4) is 11.1 Å². The number of carboxylic acid groups (broad SMARTS) is 1. The number of carbonyl (C=O) groups is 3. The molecule has 3 N–H and O–H groups in total. The summed E-state index contributed by atoms with van der Waals surface area (Å²) in [6.45, 7) is 3.89. The number of carbonyl (C=O) groups excluding carboxylic acids is 2. The third-order valence-electron chi connectivity index (χ3n) is 6.52. The zero-order chi connectivity index (χ0) is 23.5. The van der Waals surface area contributed by atoms with Gasteiger partial charge in [0.05, 0.1) is 6.42 Å². The van der Waals surface area contributed by atoms with Gasteiger partial charge in [0.15, 0.2) is 0 Å². The lowest BCUT2D eigenvalue weighted by Gasteiger charge is -2.25. The molecule has 0 aromatic heterocycles. The van der Waals surface area contributed by atoms with E-state index in [2.05, 4.69) is 34.9 Å². The third kappa shape index (κ3) is 5.18. The summed E-state index contributed by atoms with van der Waals surface area (Å²) in [6.07, 6.45) is 0.884. The van der Waals surface area contributed by atoms with E-state index in [-0.39, 0.29) is 36.7 Å². The number of nitrogens with one attached hydrogen (secondary N) is 2. The van der Waals surface area contributed by atoms with Gasteiger partial charge in [-0.25, -0.2) is 4.79 Å². The number of hydrogen-bond donors (Lipinski definition) is 3. The number of carboxylic acids is 1. The van der Waals surface area contributed by atoms with E-state index < -0.39 is 24.1 Å². The molecule has 0 spiro atoms. The van der Waals surface area contributed by atoms with E-state index >= 15 is 0 Å². The summed E-state index contributed by atoms with van der Waals surface area (Å²) >= 11 is 0. The molecule has 7 heteroatoms. The Labute approximate surface area is 193 Å². The van der Waals surface area contributed by atoms with E-state index in [1.54, 1.807) is 0 Å². The van der Waals surface area contributed by atoms with Crippen LogP contribution in [0.25, 0.3) is 11.1 Å². The zero-order valence-corrected chi connectivity index (χ0v) is 18.9. The second kappa shape index (κ2) is 9.65. The van der Waals surface area contributed by atoms with Gasteiger partial charge in [0, 0.05) is 12.0 Å². The van der Waals surface area contributed by atoms with Gasteiger partial charge in [-0.2, -0.15) is 0 Å². The molecule has 0 radical (unpaired) electrons. The molecule has 2 aliphatic rings. The highest BCUT2D eigenvalue weighted by molar-refractivity contribution is 5.87. The second-order valence-corrected chi connectivity index (χ2v) is 9.24.